The molecule has 0 radical (unpaired) electrons. The maximum Gasteiger partial charge on any atom is 0.261 e. The number of hydrogen-bond acceptors (Lipinski definition) is 2. The molecule has 1 aliphatic heterocycles. The van der Waals surface area contributed by atoms with Crippen molar-refractivity contribution in [2.45, 2.75) is 12.8 Å². The van der Waals surface area contributed by atoms with E-state index in [4.69, 9.17) is 11.6 Å². The minimum Gasteiger partial charge on any atom is -0.294 e. The van der Waals surface area contributed by atoms with E-state index in [0.29, 0.717) is 29.2 Å². The average molecular weight is 388 g/mol. The first kappa shape index (κ1) is 18.3. The first-order valence-electron chi connectivity index (χ1n) is 9.18. The van der Waals surface area contributed by atoms with Crippen molar-refractivity contribution >= 4 is 40.7 Å². The van der Waals surface area contributed by atoms with Gasteiger partial charge in [-0.1, -0.05) is 78.3 Å². The van der Waals surface area contributed by atoms with Crippen LogP contribution in [0.25, 0.3) is 11.6 Å². The van der Waals surface area contributed by atoms with Crippen LogP contribution in [0.3, 0.4) is 0 Å². The van der Waals surface area contributed by atoms with Crippen molar-refractivity contribution in [3.05, 3.63) is 94.5 Å². The first-order chi connectivity index (χ1) is 13.6. The molecular formula is C24H18ClNO2. The molecule has 0 spiro atoms. The van der Waals surface area contributed by atoms with E-state index < -0.39 is 11.8 Å². The van der Waals surface area contributed by atoms with Crippen LogP contribution in [0, 0.1) is 5.92 Å². The molecule has 28 heavy (non-hydrogen) atoms. The van der Waals surface area contributed by atoms with Crippen LogP contribution in [-0.2, 0) is 9.59 Å². The standard InChI is InChI=1S/C24H18ClNO2/c25-18-12-13-20-19(15-18)22(17-9-5-2-6-10-17)23(24(28)26-20)21(27)14-11-16-7-3-1-4-8-16/h1-11,14-15,23H,12-13H2/b14-11+. The van der Waals surface area contributed by atoms with Gasteiger partial charge in [-0.25, -0.2) is 4.99 Å². The van der Waals surface area contributed by atoms with Crippen LogP contribution in [0.15, 0.2) is 88.4 Å². The van der Waals surface area contributed by atoms with Crippen LogP contribution < -0.4 is 0 Å². The van der Waals surface area contributed by atoms with Gasteiger partial charge >= 0.3 is 0 Å². The lowest BCUT2D eigenvalue weighted by atomic mass is 9.79. The number of nitrogens with zero attached hydrogens (tertiary/aromatic N) is 1. The smallest absolute Gasteiger partial charge is 0.261 e. The number of amides is 1. The highest BCUT2D eigenvalue weighted by molar-refractivity contribution is 6.33. The fraction of sp³-hybridized carbons (Fsp3) is 0.125. The van der Waals surface area contributed by atoms with Crippen LogP contribution in [0.1, 0.15) is 24.0 Å². The van der Waals surface area contributed by atoms with Gasteiger partial charge in [0.15, 0.2) is 5.78 Å². The second-order valence-electron chi connectivity index (χ2n) is 6.76. The Morgan fingerprint density at radius 1 is 1.00 bits per heavy atom. The van der Waals surface area contributed by atoms with Crippen LogP contribution in [0.4, 0.5) is 0 Å². The Balaban J connectivity index is 1.80. The number of fused-ring (bicyclic) bond motifs is 1. The quantitative estimate of drug-likeness (QED) is 0.532. The van der Waals surface area contributed by atoms with Crippen LogP contribution in [0.5, 0.6) is 0 Å². The number of halogens is 1. The number of benzene rings is 2. The number of carbonyl (C=O) groups is 2. The summed E-state index contributed by atoms with van der Waals surface area (Å²) in [5.41, 5.74) is 3.94. The number of allylic oxidation sites excluding steroid dienone is 4. The molecule has 1 heterocycles. The maximum atomic E-state index is 13.1. The Labute approximate surface area is 168 Å². The van der Waals surface area contributed by atoms with Crippen LogP contribution in [0.2, 0.25) is 0 Å². The Bertz CT molecular complexity index is 1050. The third kappa shape index (κ3) is 3.67. The number of carbonyl (C=O) groups excluding carboxylic acids is 2. The van der Waals surface area contributed by atoms with Gasteiger partial charge in [0.1, 0.15) is 5.92 Å². The number of rotatable bonds is 4. The molecule has 4 rings (SSSR count). The van der Waals surface area contributed by atoms with Crippen molar-refractivity contribution in [1.29, 1.82) is 0 Å². The molecule has 0 aromatic heterocycles. The highest BCUT2D eigenvalue weighted by Crippen LogP contribution is 2.38. The van der Waals surface area contributed by atoms with Gasteiger partial charge in [0.05, 0.1) is 5.71 Å². The van der Waals surface area contributed by atoms with E-state index in [9.17, 15) is 9.59 Å². The third-order valence-electron chi connectivity index (χ3n) is 4.89. The molecule has 1 unspecified atom stereocenters. The van der Waals surface area contributed by atoms with Crippen molar-refractivity contribution < 1.29 is 9.59 Å². The molecule has 0 bridgehead atoms. The largest absolute Gasteiger partial charge is 0.294 e. The Morgan fingerprint density at radius 2 is 1.68 bits per heavy atom. The topological polar surface area (TPSA) is 46.5 Å². The summed E-state index contributed by atoms with van der Waals surface area (Å²) in [6.45, 7) is 0. The minimum absolute atomic E-state index is 0.280. The lowest BCUT2D eigenvalue weighted by molar-refractivity contribution is -0.127. The molecule has 1 aliphatic carbocycles. The van der Waals surface area contributed by atoms with Crippen molar-refractivity contribution in [2.75, 3.05) is 0 Å². The van der Waals surface area contributed by atoms with Gasteiger partial charge in [-0.05, 0) is 41.7 Å². The Hall–Kier alpha value is -3.04. The summed E-state index contributed by atoms with van der Waals surface area (Å²) in [6, 6.07) is 19.1. The predicted molar refractivity (Wildman–Crippen MR) is 113 cm³/mol. The molecule has 0 N–H and O–H groups in total. The summed E-state index contributed by atoms with van der Waals surface area (Å²) in [7, 11) is 0. The molecular weight excluding hydrogens is 370 g/mol. The summed E-state index contributed by atoms with van der Waals surface area (Å²) in [5.74, 6) is -1.65. The third-order valence-corrected chi connectivity index (χ3v) is 5.19. The second kappa shape index (κ2) is 7.91. The van der Waals surface area contributed by atoms with E-state index in [-0.39, 0.29) is 5.78 Å². The van der Waals surface area contributed by atoms with E-state index in [2.05, 4.69) is 4.99 Å². The van der Waals surface area contributed by atoms with E-state index in [1.54, 1.807) is 6.08 Å². The monoisotopic (exact) mass is 387 g/mol. The van der Waals surface area contributed by atoms with E-state index >= 15 is 0 Å². The summed E-state index contributed by atoms with van der Waals surface area (Å²) in [6.07, 6.45) is 6.31. The lowest BCUT2D eigenvalue weighted by Crippen LogP contribution is -2.30. The summed E-state index contributed by atoms with van der Waals surface area (Å²) in [5, 5.41) is 0.711. The van der Waals surface area contributed by atoms with Crippen molar-refractivity contribution in [1.82, 2.24) is 0 Å². The lowest BCUT2D eigenvalue weighted by Gasteiger charge is -2.27. The van der Waals surface area contributed by atoms with Crippen LogP contribution in [-0.4, -0.2) is 17.4 Å². The molecule has 4 heteroatoms. The van der Waals surface area contributed by atoms with Crippen molar-refractivity contribution in [2.24, 2.45) is 10.9 Å². The molecule has 1 amide bonds. The highest BCUT2D eigenvalue weighted by atomic mass is 35.5. The zero-order chi connectivity index (χ0) is 19.5. The van der Waals surface area contributed by atoms with E-state index in [1.165, 1.54) is 6.08 Å². The van der Waals surface area contributed by atoms with Gasteiger partial charge in [0.2, 0.25) is 0 Å². The zero-order valence-corrected chi connectivity index (χ0v) is 15.9. The molecule has 3 nitrogen and oxygen atoms in total. The molecule has 2 aromatic carbocycles. The summed E-state index contributed by atoms with van der Waals surface area (Å²) < 4.78 is 0. The molecule has 1 atom stereocenters. The molecule has 2 aromatic rings. The second-order valence-corrected chi connectivity index (χ2v) is 7.25. The number of dihydropyridines is 1. The Kier molecular flexibility index (Phi) is 5.18. The Morgan fingerprint density at radius 3 is 2.39 bits per heavy atom. The fourth-order valence-corrected chi connectivity index (χ4v) is 3.76. The number of ketones is 1. The molecule has 138 valence electrons. The van der Waals surface area contributed by atoms with Gasteiger partial charge in [0, 0.05) is 10.6 Å². The first-order valence-corrected chi connectivity index (χ1v) is 9.55. The van der Waals surface area contributed by atoms with Gasteiger partial charge in [-0.2, -0.15) is 0 Å². The summed E-state index contributed by atoms with van der Waals surface area (Å²) >= 11 is 6.28. The zero-order valence-electron chi connectivity index (χ0n) is 15.1. The minimum atomic E-state index is -0.958. The van der Waals surface area contributed by atoms with Crippen molar-refractivity contribution in [3.8, 4) is 0 Å². The van der Waals surface area contributed by atoms with E-state index in [1.807, 2.05) is 66.7 Å². The average Bonchev–Trinajstić information content (AvgIpc) is 2.73. The van der Waals surface area contributed by atoms with Crippen LogP contribution >= 0.6 is 11.6 Å². The van der Waals surface area contributed by atoms with Gasteiger partial charge in [-0.15, -0.1) is 0 Å². The normalized spacial score (nSPS) is 19.3. The molecule has 2 aliphatic rings. The molecule has 0 saturated carbocycles. The van der Waals surface area contributed by atoms with Crippen molar-refractivity contribution in [3.63, 3.8) is 0 Å². The SMILES string of the molecule is O=C(/C=C/c1ccccc1)C1C(=O)N=C2CCC(Cl)=CC2=C1c1ccccc1. The van der Waals surface area contributed by atoms with E-state index in [0.717, 1.165) is 16.7 Å². The van der Waals surface area contributed by atoms with Gasteiger partial charge < -0.3 is 0 Å². The number of aliphatic imine (C=N–C) groups is 1. The highest BCUT2D eigenvalue weighted by Gasteiger charge is 2.37. The molecule has 0 fully saturated rings. The molecule has 0 saturated heterocycles. The maximum absolute atomic E-state index is 13.1. The predicted octanol–water partition coefficient (Wildman–Crippen LogP) is 5.24. The summed E-state index contributed by atoms with van der Waals surface area (Å²) in [4.78, 5) is 30.1. The number of hydrogen-bond donors (Lipinski definition) is 0. The van der Waals surface area contributed by atoms with Gasteiger partial charge in [0.25, 0.3) is 5.91 Å². The van der Waals surface area contributed by atoms with Gasteiger partial charge in [-0.3, -0.25) is 9.59 Å². The fourth-order valence-electron chi connectivity index (χ4n) is 3.55.